The molecule has 0 amide bonds. The standard InChI is InChI=1S/C12H19N3S/c1-4-15(8-9(2)3)11-6-5-10(7-14-11)12(13)16/h5-7,9H,4,8H2,1-3H3,(H2,13,16). The van der Waals surface area contributed by atoms with E-state index in [9.17, 15) is 0 Å². The fourth-order valence-electron chi connectivity index (χ4n) is 1.54. The maximum absolute atomic E-state index is 5.53. The van der Waals surface area contributed by atoms with Crippen LogP contribution in [0.25, 0.3) is 0 Å². The molecule has 0 aliphatic heterocycles. The van der Waals surface area contributed by atoms with E-state index in [0.717, 1.165) is 24.5 Å². The number of hydrogen-bond donors (Lipinski definition) is 1. The fourth-order valence-corrected chi connectivity index (χ4v) is 1.67. The summed E-state index contributed by atoms with van der Waals surface area (Å²) in [4.78, 5) is 7.02. The molecule has 1 rings (SSSR count). The molecule has 0 bridgehead atoms. The summed E-state index contributed by atoms with van der Waals surface area (Å²) in [5, 5.41) is 0. The van der Waals surface area contributed by atoms with Crippen LogP contribution in [-0.2, 0) is 0 Å². The van der Waals surface area contributed by atoms with E-state index >= 15 is 0 Å². The summed E-state index contributed by atoms with van der Waals surface area (Å²) >= 11 is 4.89. The summed E-state index contributed by atoms with van der Waals surface area (Å²) in [5.74, 6) is 1.60. The lowest BCUT2D eigenvalue weighted by Crippen LogP contribution is -2.28. The normalized spacial score (nSPS) is 10.5. The van der Waals surface area contributed by atoms with Gasteiger partial charge in [0, 0.05) is 24.8 Å². The van der Waals surface area contributed by atoms with E-state index in [2.05, 4.69) is 30.7 Å². The Balaban J connectivity index is 2.82. The van der Waals surface area contributed by atoms with Crippen molar-refractivity contribution in [2.24, 2.45) is 11.7 Å². The lowest BCUT2D eigenvalue weighted by Gasteiger charge is -2.23. The molecule has 0 fully saturated rings. The van der Waals surface area contributed by atoms with Crippen LogP contribution in [0, 0.1) is 5.92 Å². The Morgan fingerprint density at radius 1 is 1.50 bits per heavy atom. The Kier molecular flexibility index (Phi) is 4.68. The average molecular weight is 237 g/mol. The van der Waals surface area contributed by atoms with Crippen molar-refractivity contribution in [1.29, 1.82) is 0 Å². The number of hydrogen-bond acceptors (Lipinski definition) is 3. The molecule has 3 nitrogen and oxygen atoms in total. The highest BCUT2D eigenvalue weighted by atomic mass is 32.1. The SMILES string of the molecule is CCN(CC(C)C)c1ccc(C(N)=S)cn1. The van der Waals surface area contributed by atoms with Crippen LogP contribution in [0.4, 0.5) is 5.82 Å². The Morgan fingerprint density at radius 2 is 2.19 bits per heavy atom. The van der Waals surface area contributed by atoms with E-state index < -0.39 is 0 Å². The lowest BCUT2D eigenvalue weighted by molar-refractivity contribution is 0.614. The molecular weight excluding hydrogens is 218 g/mol. The van der Waals surface area contributed by atoms with Crippen molar-refractivity contribution >= 4 is 23.0 Å². The number of pyridine rings is 1. The second kappa shape index (κ2) is 5.80. The van der Waals surface area contributed by atoms with Gasteiger partial charge in [-0.25, -0.2) is 4.98 Å². The summed E-state index contributed by atoms with van der Waals surface area (Å²) < 4.78 is 0. The van der Waals surface area contributed by atoms with Crippen LogP contribution in [0.15, 0.2) is 18.3 Å². The highest BCUT2D eigenvalue weighted by Crippen LogP contribution is 2.13. The minimum absolute atomic E-state index is 0.394. The Morgan fingerprint density at radius 3 is 2.56 bits per heavy atom. The summed E-state index contributed by atoms with van der Waals surface area (Å²) in [6.45, 7) is 8.50. The molecule has 88 valence electrons. The first-order chi connectivity index (χ1) is 7.54. The van der Waals surface area contributed by atoms with Crippen LogP contribution in [0.5, 0.6) is 0 Å². The number of rotatable bonds is 5. The molecule has 1 aromatic heterocycles. The summed E-state index contributed by atoms with van der Waals surface area (Å²) in [6.07, 6.45) is 1.74. The summed E-state index contributed by atoms with van der Waals surface area (Å²) in [7, 11) is 0. The molecule has 0 saturated carbocycles. The first kappa shape index (κ1) is 12.9. The monoisotopic (exact) mass is 237 g/mol. The van der Waals surface area contributed by atoms with Gasteiger partial charge in [-0.2, -0.15) is 0 Å². The number of thiocarbonyl (C=S) groups is 1. The van der Waals surface area contributed by atoms with Gasteiger partial charge in [0.15, 0.2) is 0 Å². The molecule has 0 aliphatic carbocycles. The van der Waals surface area contributed by atoms with Gasteiger partial charge < -0.3 is 10.6 Å². The largest absolute Gasteiger partial charge is 0.389 e. The molecular formula is C12H19N3S. The molecule has 0 spiro atoms. The van der Waals surface area contributed by atoms with Gasteiger partial charge >= 0.3 is 0 Å². The first-order valence-electron chi connectivity index (χ1n) is 5.55. The van der Waals surface area contributed by atoms with Crippen molar-refractivity contribution in [2.45, 2.75) is 20.8 Å². The zero-order valence-electron chi connectivity index (χ0n) is 10.1. The van der Waals surface area contributed by atoms with Gasteiger partial charge in [-0.3, -0.25) is 0 Å². The predicted octanol–water partition coefficient (Wildman–Crippen LogP) is 2.20. The molecule has 0 atom stereocenters. The van der Waals surface area contributed by atoms with E-state index in [1.54, 1.807) is 6.20 Å². The van der Waals surface area contributed by atoms with Gasteiger partial charge in [0.1, 0.15) is 10.8 Å². The lowest BCUT2D eigenvalue weighted by atomic mass is 10.2. The van der Waals surface area contributed by atoms with Crippen molar-refractivity contribution in [3.05, 3.63) is 23.9 Å². The molecule has 0 aliphatic rings. The minimum atomic E-state index is 0.394. The smallest absolute Gasteiger partial charge is 0.128 e. The van der Waals surface area contributed by atoms with Crippen molar-refractivity contribution in [1.82, 2.24) is 4.98 Å². The fraction of sp³-hybridized carbons (Fsp3) is 0.500. The number of nitrogens with two attached hydrogens (primary N) is 1. The Bertz CT molecular complexity index is 346. The maximum Gasteiger partial charge on any atom is 0.128 e. The quantitative estimate of drug-likeness (QED) is 0.797. The third-order valence-corrected chi connectivity index (χ3v) is 2.56. The Labute approximate surface area is 103 Å². The zero-order valence-corrected chi connectivity index (χ0v) is 10.9. The van der Waals surface area contributed by atoms with Gasteiger partial charge in [-0.15, -0.1) is 0 Å². The zero-order chi connectivity index (χ0) is 12.1. The van der Waals surface area contributed by atoms with Crippen LogP contribution >= 0.6 is 12.2 Å². The van der Waals surface area contributed by atoms with Crippen molar-refractivity contribution in [2.75, 3.05) is 18.0 Å². The van der Waals surface area contributed by atoms with E-state index in [0.29, 0.717) is 10.9 Å². The van der Waals surface area contributed by atoms with Crippen LogP contribution in [-0.4, -0.2) is 23.1 Å². The minimum Gasteiger partial charge on any atom is -0.389 e. The first-order valence-corrected chi connectivity index (χ1v) is 5.96. The summed E-state index contributed by atoms with van der Waals surface area (Å²) in [5.41, 5.74) is 6.35. The molecule has 1 heterocycles. The van der Waals surface area contributed by atoms with Crippen LogP contribution in [0.2, 0.25) is 0 Å². The molecule has 0 aromatic carbocycles. The number of anilines is 1. The van der Waals surface area contributed by atoms with E-state index in [1.165, 1.54) is 0 Å². The molecule has 0 saturated heterocycles. The third-order valence-electron chi connectivity index (χ3n) is 2.32. The van der Waals surface area contributed by atoms with Gasteiger partial charge in [0.2, 0.25) is 0 Å². The second-order valence-corrected chi connectivity index (χ2v) is 4.64. The molecule has 0 radical (unpaired) electrons. The van der Waals surface area contributed by atoms with E-state index in [-0.39, 0.29) is 0 Å². The summed E-state index contributed by atoms with van der Waals surface area (Å²) in [6, 6.07) is 3.90. The van der Waals surface area contributed by atoms with Crippen LogP contribution in [0.1, 0.15) is 26.3 Å². The molecule has 0 unspecified atom stereocenters. The molecule has 16 heavy (non-hydrogen) atoms. The van der Waals surface area contributed by atoms with Crippen molar-refractivity contribution in [3.8, 4) is 0 Å². The van der Waals surface area contributed by atoms with Gasteiger partial charge in [-0.05, 0) is 25.0 Å². The highest BCUT2D eigenvalue weighted by molar-refractivity contribution is 7.80. The maximum atomic E-state index is 5.53. The predicted molar refractivity (Wildman–Crippen MR) is 72.8 cm³/mol. The Hall–Kier alpha value is -1.16. The van der Waals surface area contributed by atoms with Crippen molar-refractivity contribution in [3.63, 3.8) is 0 Å². The van der Waals surface area contributed by atoms with Crippen LogP contribution < -0.4 is 10.6 Å². The van der Waals surface area contributed by atoms with Crippen LogP contribution in [0.3, 0.4) is 0 Å². The second-order valence-electron chi connectivity index (χ2n) is 4.20. The molecule has 1 aromatic rings. The van der Waals surface area contributed by atoms with Gasteiger partial charge in [-0.1, -0.05) is 26.1 Å². The molecule has 4 heteroatoms. The third kappa shape index (κ3) is 3.45. The molecule has 2 N–H and O–H groups in total. The van der Waals surface area contributed by atoms with E-state index in [4.69, 9.17) is 18.0 Å². The highest BCUT2D eigenvalue weighted by Gasteiger charge is 2.07. The van der Waals surface area contributed by atoms with Gasteiger partial charge in [0.05, 0.1) is 0 Å². The topological polar surface area (TPSA) is 42.1 Å². The van der Waals surface area contributed by atoms with Gasteiger partial charge in [0.25, 0.3) is 0 Å². The van der Waals surface area contributed by atoms with Crippen molar-refractivity contribution < 1.29 is 0 Å². The number of aromatic nitrogens is 1. The number of nitrogens with zero attached hydrogens (tertiary/aromatic N) is 2. The van der Waals surface area contributed by atoms with E-state index in [1.807, 2.05) is 12.1 Å². The average Bonchev–Trinajstić information content (AvgIpc) is 2.25.